The van der Waals surface area contributed by atoms with E-state index >= 15 is 0 Å². The number of allylic oxidation sites excluding steroid dienone is 2. The Labute approximate surface area is 125 Å². The van der Waals surface area contributed by atoms with Gasteiger partial charge in [0.1, 0.15) is 0 Å². The van der Waals surface area contributed by atoms with Crippen LogP contribution in [0.4, 0.5) is 0 Å². The first-order valence-corrected chi connectivity index (χ1v) is 7.93. The van der Waals surface area contributed by atoms with Gasteiger partial charge in [0.15, 0.2) is 0 Å². The predicted molar refractivity (Wildman–Crippen MR) is 78.6 cm³/mol. The van der Waals surface area contributed by atoms with Crippen LogP contribution in [0.3, 0.4) is 0 Å². The molecule has 1 aliphatic heterocycles. The minimum Gasteiger partial charge on any atom is -0.481 e. The second-order valence-corrected chi connectivity index (χ2v) is 6.67. The topological polar surface area (TPSA) is 60.9 Å². The van der Waals surface area contributed by atoms with Gasteiger partial charge in [-0.1, -0.05) is 19.1 Å². The molecule has 2 aliphatic carbocycles. The Bertz CT molecular complexity index is 476. The van der Waals surface area contributed by atoms with Crippen molar-refractivity contribution in [3.05, 3.63) is 12.2 Å². The van der Waals surface area contributed by atoms with Gasteiger partial charge in [-0.05, 0) is 31.7 Å². The quantitative estimate of drug-likeness (QED) is 0.790. The number of carboxylic acids is 1. The van der Waals surface area contributed by atoms with Crippen LogP contribution in [-0.2, 0) is 9.59 Å². The van der Waals surface area contributed by atoms with Gasteiger partial charge in [-0.15, -0.1) is 0 Å². The third-order valence-corrected chi connectivity index (χ3v) is 5.59. The third-order valence-electron chi connectivity index (χ3n) is 5.59. The molecule has 0 radical (unpaired) electrons. The molecule has 2 bridgehead atoms. The van der Waals surface area contributed by atoms with Crippen LogP contribution < -0.4 is 0 Å². The molecule has 3 rings (SSSR count). The number of nitrogens with zero attached hydrogens (tertiary/aromatic N) is 2. The lowest BCUT2D eigenvalue weighted by atomic mass is 9.82. The summed E-state index contributed by atoms with van der Waals surface area (Å²) in [7, 11) is 2.09. The summed E-state index contributed by atoms with van der Waals surface area (Å²) in [5, 5.41) is 9.48. The SMILES string of the molecule is CCC1CN(C(=O)C2C3C=CC(C3)C2C(=O)O)CCN1C. The van der Waals surface area contributed by atoms with E-state index < -0.39 is 11.9 Å². The van der Waals surface area contributed by atoms with Gasteiger partial charge in [0.2, 0.25) is 5.91 Å². The molecule has 0 aromatic rings. The summed E-state index contributed by atoms with van der Waals surface area (Å²) in [6.07, 6.45) is 5.89. The third kappa shape index (κ3) is 2.37. The van der Waals surface area contributed by atoms with Crippen LogP contribution in [0.5, 0.6) is 0 Å². The maximum Gasteiger partial charge on any atom is 0.307 e. The van der Waals surface area contributed by atoms with Crippen LogP contribution >= 0.6 is 0 Å². The number of carbonyl (C=O) groups is 2. The molecule has 21 heavy (non-hydrogen) atoms. The van der Waals surface area contributed by atoms with Gasteiger partial charge in [0, 0.05) is 25.7 Å². The first-order valence-electron chi connectivity index (χ1n) is 7.93. The largest absolute Gasteiger partial charge is 0.481 e. The van der Waals surface area contributed by atoms with E-state index in [1.807, 2.05) is 11.0 Å². The van der Waals surface area contributed by atoms with E-state index in [0.717, 1.165) is 32.5 Å². The minimum atomic E-state index is -0.814. The second-order valence-electron chi connectivity index (χ2n) is 6.67. The molecule has 5 nitrogen and oxygen atoms in total. The molecule has 5 heteroatoms. The predicted octanol–water partition coefficient (Wildman–Crippen LogP) is 1.06. The van der Waals surface area contributed by atoms with Gasteiger partial charge in [0.25, 0.3) is 0 Å². The molecule has 5 atom stereocenters. The fourth-order valence-corrected chi connectivity index (χ4v) is 4.29. The standard InChI is InChI=1S/C16H24N2O3/c1-3-12-9-18(7-6-17(12)2)15(19)13-10-4-5-11(8-10)14(13)16(20)21/h4-5,10-14H,3,6-9H2,1-2H3,(H,20,21). The zero-order valence-electron chi connectivity index (χ0n) is 12.7. The van der Waals surface area contributed by atoms with Crippen molar-refractivity contribution < 1.29 is 14.7 Å². The zero-order valence-corrected chi connectivity index (χ0v) is 12.7. The van der Waals surface area contributed by atoms with E-state index in [1.165, 1.54) is 0 Å². The molecular formula is C16H24N2O3. The number of fused-ring (bicyclic) bond motifs is 2. The van der Waals surface area contributed by atoms with Crippen LogP contribution in [0.15, 0.2) is 12.2 Å². The first-order chi connectivity index (χ1) is 10.0. The number of likely N-dealkylation sites (N-methyl/N-ethyl adjacent to an activating group) is 1. The molecule has 0 aromatic carbocycles. The van der Waals surface area contributed by atoms with Crippen LogP contribution in [-0.4, -0.2) is 59.5 Å². The maximum atomic E-state index is 12.9. The molecule has 1 amide bonds. The van der Waals surface area contributed by atoms with Crippen molar-refractivity contribution in [2.75, 3.05) is 26.7 Å². The number of amides is 1. The van der Waals surface area contributed by atoms with E-state index in [9.17, 15) is 14.7 Å². The van der Waals surface area contributed by atoms with Crippen LogP contribution in [0.1, 0.15) is 19.8 Å². The average Bonchev–Trinajstić information content (AvgIpc) is 3.07. The monoisotopic (exact) mass is 292 g/mol. The molecule has 0 aromatic heterocycles. The highest BCUT2D eigenvalue weighted by atomic mass is 16.4. The van der Waals surface area contributed by atoms with Crippen molar-refractivity contribution in [1.29, 1.82) is 0 Å². The van der Waals surface area contributed by atoms with Crippen LogP contribution in [0.25, 0.3) is 0 Å². The summed E-state index contributed by atoms with van der Waals surface area (Å²) in [6, 6.07) is 0.389. The van der Waals surface area contributed by atoms with E-state index in [1.54, 1.807) is 0 Å². The summed E-state index contributed by atoms with van der Waals surface area (Å²) in [5.41, 5.74) is 0. The van der Waals surface area contributed by atoms with Crippen molar-refractivity contribution in [2.24, 2.45) is 23.7 Å². The normalized spacial score (nSPS) is 39.0. The molecule has 116 valence electrons. The number of hydrogen-bond donors (Lipinski definition) is 1. The van der Waals surface area contributed by atoms with Gasteiger partial charge in [0.05, 0.1) is 11.8 Å². The Hall–Kier alpha value is -1.36. The molecule has 1 N–H and O–H groups in total. The van der Waals surface area contributed by atoms with Crippen molar-refractivity contribution >= 4 is 11.9 Å². The van der Waals surface area contributed by atoms with Gasteiger partial charge in [-0.25, -0.2) is 0 Å². The van der Waals surface area contributed by atoms with Gasteiger partial charge in [-0.2, -0.15) is 0 Å². The zero-order chi connectivity index (χ0) is 15.1. The number of rotatable bonds is 3. The lowest BCUT2D eigenvalue weighted by molar-refractivity contribution is -0.152. The van der Waals surface area contributed by atoms with Gasteiger partial charge in [-0.3, -0.25) is 14.5 Å². The summed E-state index contributed by atoms with van der Waals surface area (Å²) >= 11 is 0. The number of hydrogen-bond acceptors (Lipinski definition) is 3. The maximum absolute atomic E-state index is 12.9. The van der Waals surface area contributed by atoms with E-state index in [-0.39, 0.29) is 23.7 Å². The van der Waals surface area contributed by atoms with Crippen LogP contribution in [0, 0.1) is 23.7 Å². The summed E-state index contributed by atoms with van der Waals surface area (Å²) in [4.78, 5) is 28.6. The Morgan fingerprint density at radius 1 is 1.19 bits per heavy atom. The Morgan fingerprint density at radius 2 is 1.86 bits per heavy atom. The highest BCUT2D eigenvalue weighted by Crippen LogP contribution is 2.48. The van der Waals surface area contributed by atoms with Crippen molar-refractivity contribution in [3.8, 4) is 0 Å². The number of aliphatic carboxylic acids is 1. The summed E-state index contributed by atoms with van der Waals surface area (Å²) < 4.78 is 0. The number of piperazine rings is 1. The second kappa shape index (κ2) is 5.44. The van der Waals surface area contributed by atoms with E-state index in [4.69, 9.17) is 0 Å². The molecule has 3 aliphatic rings. The Balaban J connectivity index is 1.76. The minimum absolute atomic E-state index is 0.0517. The van der Waals surface area contributed by atoms with Gasteiger partial charge >= 0.3 is 5.97 Å². The summed E-state index contributed by atoms with van der Waals surface area (Å²) in [6.45, 7) is 4.46. The average molecular weight is 292 g/mol. The number of carbonyl (C=O) groups excluding carboxylic acids is 1. The Kier molecular flexibility index (Phi) is 3.78. The highest BCUT2D eigenvalue weighted by molar-refractivity contribution is 5.87. The molecule has 0 spiro atoms. The van der Waals surface area contributed by atoms with E-state index in [2.05, 4.69) is 24.9 Å². The fourth-order valence-electron chi connectivity index (χ4n) is 4.29. The summed E-state index contributed by atoms with van der Waals surface area (Å²) in [5.74, 6) is -1.44. The highest BCUT2D eigenvalue weighted by Gasteiger charge is 2.52. The first kappa shape index (κ1) is 14.6. The van der Waals surface area contributed by atoms with Crippen molar-refractivity contribution in [3.63, 3.8) is 0 Å². The van der Waals surface area contributed by atoms with Crippen LogP contribution in [0.2, 0.25) is 0 Å². The van der Waals surface area contributed by atoms with E-state index in [0.29, 0.717) is 6.04 Å². The molecule has 5 unspecified atom stereocenters. The lowest BCUT2D eigenvalue weighted by Gasteiger charge is -2.41. The number of carboxylic acid groups (broad SMARTS) is 1. The molecule has 1 saturated heterocycles. The molecule has 2 fully saturated rings. The molecule has 1 saturated carbocycles. The lowest BCUT2D eigenvalue weighted by Crippen LogP contribution is -2.55. The van der Waals surface area contributed by atoms with Crippen molar-refractivity contribution in [1.82, 2.24) is 9.80 Å². The fraction of sp³-hybridized carbons (Fsp3) is 0.750. The molecule has 1 heterocycles. The smallest absolute Gasteiger partial charge is 0.307 e. The Morgan fingerprint density at radius 3 is 2.48 bits per heavy atom. The van der Waals surface area contributed by atoms with Gasteiger partial charge < -0.3 is 10.0 Å². The molecular weight excluding hydrogens is 268 g/mol. The van der Waals surface area contributed by atoms with Crippen molar-refractivity contribution in [2.45, 2.75) is 25.8 Å².